The molecule has 1 aromatic carbocycles. The zero-order valence-corrected chi connectivity index (χ0v) is 9.68. The van der Waals surface area contributed by atoms with Crippen molar-refractivity contribution in [2.75, 3.05) is 6.54 Å². The highest BCUT2D eigenvalue weighted by atomic mass is 35.5. The van der Waals surface area contributed by atoms with Crippen LogP contribution in [0.5, 0.6) is 0 Å². The molecule has 0 fully saturated rings. The van der Waals surface area contributed by atoms with Crippen LogP contribution in [0, 0.1) is 5.82 Å². The van der Waals surface area contributed by atoms with Gasteiger partial charge in [0, 0.05) is 18.6 Å². The van der Waals surface area contributed by atoms with E-state index in [0.717, 1.165) is 5.56 Å². The molecule has 0 bridgehead atoms. The van der Waals surface area contributed by atoms with Gasteiger partial charge in [-0.25, -0.2) is 4.39 Å². The largest absolute Gasteiger partial charge is 0.329 e. The molecule has 0 aliphatic carbocycles. The summed E-state index contributed by atoms with van der Waals surface area (Å²) in [5.41, 5.74) is 6.56. The number of hydrogen-bond acceptors (Lipinski definition) is 2. The number of benzene rings is 1. The van der Waals surface area contributed by atoms with Crippen LogP contribution in [-0.4, -0.2) is 12.6 Å². The minimum atomic E-state index is -0.402. The Kier molecular flexibility index (Phi) is 4.51. The Morgan fingerprint density at radius 3 is 2.60 bits per heavy atom. The van der Waals surface area contributed by atoms with E-state index in [9.17, 15) is 4.39 Å². The van der Waals surface area contributed by atoms with Crippen molar-refractivity contribution in [3.8, 4) is 0 Å². The SMILES string of the molecule is CC(C)NC(CN)c1ccc(F)c(Cl)c1. The van der Waals surface area contributed by atoms with Gasteiger partial charge in [0.2, 0.25) is 0 Å². The van der Waals surface area contributed by atoms with Gasteiger partial charge in [0.05, 0.1) is 5.02 Å². The number of rotatable bonds is 4. The van der Waals surface area contributed by atoms with Crippen molar-refractivity contribution in [1.82, 2.24) is 5.32 Å². The third-order valence-corrected chi connectivity index (χ3v) is 2.41. The lowest BCUT2D eigenvalue weighted by molar-refractivity contribution is 0.483. The predicted octanol–water partition coefficient (Wildman–Crippen LogP) is 2.48. The monoisotopic (exact) mass is 230 g/mol. The second-order valence-corrected chi connectivity index (χ2v) is 4.19. The number of nitrogens with two attached hydrogens (primary N) is 1. The van der Waals surface area contributed by atoms with Gasteiger partial charge in [0.15, 0.2) is 0 Å². The molecule has 1 rings (SSSR count). The highest BCUT2D eigenvalue weighted by Gasteiger charge is 2.12. The number of hydrogen-bond donors (Lipinski definition) is 2. The molecule has 0 saturated heterocycles. The molecule has 0 heterocycles. The predicted molar refractivity (Wildman–Crippen MR) is 61.5 cm³/mol. The Bertz CT molecular complexity index is 328. The van der Waals surface area contributed by atoms with Gasteiger partial charge in [-0.05, 0) is 17.7 Å². The lowest BCUT2D eigenvalue weighted by atomic mass is 10.1. The van der Waals surface area contributed by atoms with Crippen LogP contribution in [0.2, 0.25) is 5.02 Å². The summed E-state index contributed by atoms with van der Waals surface area (Å²) in [7, 11) is 0. The van der Waals surface area contributed by atoms with Crippen LogP contribution in [0.4, 0.5) is 4.39 Å². The average Bonchev–Trinajstić information content (AvgIpc) is 2.18. The molecule has 0 spiro atoms. The van der Waals surface area contributed by atoms with Gasteiger partial charge in [-0.1, -0.05) is 31.5 Å². The van der Waals surface area contributed by atoms with Gasteiger partial charge in [-0.2, -0.15) is 0 Å². The molecule has 2 nitrogen and oxygen atoms in total. The van der Waals surface area contributed by atoms with Crippen LogP contribution in [0.25, 0.3) is 0 Å². The van der Waals surface area contributed by atoms with Gasteiger partial charge in [0.1, 0.15) is 5.82 Å². The van der Waals surface area contributed by atoms with E-state index in [1.54, 1.807) is 12.1 Å². The van der Waals surface area contributed by atoms with Crippen molar-refractivity contribution in [1.29, 1.82) is 0 Å². The first-order chi connectivity index (χ1) is 7.04. The number of nitrogens with one attached hydrogen (secondary N) is 1. The molecule has 0 aliphatic heterocycles. The maximum absolute atomic E-state index is 12.9. The van der Waals surface area contributed by atoms with Gasteiger partial charge >= 0.3 is 0 Å². The molecule has 1 unspecified atom stereocenters. The molecule has 15 heavy (non-hydrogen) atoms. The van der Waals surface area contributed by atoms with Crippen LogP contribution in [-0.2, 0) is 0 Å². The van der Waals surface area contributed by atoms with E-state index in [-0.39, 0.29) is 11.1 Å². The summed E-state index contributed by atoms with van der Waals surface area (Å²) >= 11 is 5.71. The van der Waals surface area contributed by atoms with Crippen LogP contribution in [0.15, 0.2) is 18.2 Å². The van der Waals surface area contributed by atoms with Crippen LogP contribution in [0.1, 0.15) is 25.5 Å². The first-order valence-corrected chi connectivity index (χ1v) is 5.33. The van der Waals surface area contributed by atoms with Crippen molar-refractivity contribution in [3.05, 3.63) is 34.6 Å². The minimum absolute atomic E-state index is 0.0168. The zero-order valence-electron chi connectivity index (χ0n) is 8.93. The third kappa shape index (κ3) is 3.45. The maximum atomic E-state index is 12.9. The summed E-state index contributed by atoms with van der Waals surface area (Å²) in [6.45, 7) is 4.53. The fourth-order valence-corrected chi connectivity index (χ4v) is 1.62. The summed E-state index contributed by atoms with van der Waals surface area (Å²) in [6, 6.07) is 5.02. The van der Waals surface area contributed by atoms with Crippen molar-refractivity contribution in [2.45, 2.75) is 25.9 Å². The summed E-state index contributed by atoms with van der Waals surface area (Å²) in [5, 5.41) is 3.42. The first kappa shape index (κ1) is 12.4. The van der Waals surface area contributed by atoms with E-state index in [4.69, 9.17) is 17.3 Å². The topological polar surface area (TPSA) is 38.0 Å². The molecule has 0 aromatic heterocycles. The molecule has 4 heteroatoms. The molecule has 84 valence electrons. The summed E-state index contributed by atoms with van der Waals surface area (Å²) in [6.07, 6.45) is 0. The molecule has 0 saturated carbocycles. The lowest BCUT2D eigenvalue weighted by Crippen LogP contribution is -2.33. The Morgan fingerprint density at radius 2 is 2.13 bits per heavy atom. The Hall–Kier alpha value is -0.640. The van der Waals surface area contributed by atoms with E-state index >= 15 is 0 Å². The molecule has 0 amide bonds. The minimum Gasteiger partial charge on any atom is -0.329 e. The smallest absolute Gasteiger partial charge is 0.141 e. The van der Waals surface area contributed by atoms with Crippen LogP contribution >= 0.6 is 11.6 Å². The molecule has 1 atom stereocenters. The fraction of sp³-hybridized carbons (Fsp3) is 0.455. The van der Waals surface area contributed by atoms with Gasteiger partial charge < -0.3 is 11.1 Å². The summed E-state index contributed by atoms with van der Waals surface area (Å²) in [4.78, 5) is 0. The van der Waals surface area contributed by atoms with Gasteiger partial charge in [-0.15, -0.1) is 0 Å². The second kappa shape index (κ2) is 5.45. The van der Waals surface area contributed by atoms with E-state index < -0.39 is 5.82 Å². The molecule has 3 N–H and O–H groups in total. The molecule has 1 aromatic rings. The first-order valence-electron chi connectivity index (χ1n) is 4.95. The van der Waals surface area contributed by atoms with E-state index in [2.05, 4.69) is 5.32 Å². The average molecular weight is 231 g/mol. The highest BCUT2D eigenvalue weighted by Crippen LogP contribution is 2.20. The standard InChI is InChI=1S/C11H16ClFN2/c1-7(2)15-11(6-14)8-3-4-10(13)9(12)5-8/h3-5,7,11,15H,6,14H2,1-2H3. The van der Waals surface area contributed by atoms with Crippen LogP contribution < -0.4 is 11.1 Å². The summed E-state index contributed by atoms with van der Waals surface area (Å²) in [5.74, 6) is -0.402. The highest BCUT2D eigenvalue weighted by molar-refractivity contribution is 6.30. The zero-order chi connectivity index (χ0) is 11.4. The van der Waals surface area contributed by atoms with Crippen molar-refractivity contribution in [3.63, 3.8) is 0 Å². The Labute approximate surface area is 94.6 Å². The van der Waals surface area contributed by atoms with E-state index in [1.807, 2.05) is 13.8 Å². The summed E-state index contributed by atoms with van der Waals surface area (Å²) < 4.78 is 12.9. The maximum Gasteiger partial charge on any atom is 0.141 e. The molecular weight excluding hydrogens is 215 g/mol. The molecule has 0 aliphatic rings. The van der Waals surface area contributed by atoms with E-state index in [1.165, 1.54) is 6.07 Å². The molecule has 0 radical (unpaired) electrons. The van der Waals surface area contributed by atoms with Gasteiger partial charge in [-0.3, -0.25) is 0 Å². The normalized spacial score (nSPS) is 13.2. The number of halogens is 2. The lowest BCUT2D eigenvalue weighted by Gasteiger charge is -2.20. The van der Waals surface area contributed by atoms with Crippen molar-refractivity contribution in [2.24, 2.45) is 5.73 Å². The Balaban J connectivity index is 2.87. The van der Waals surface area contributed by atoms with Crippen molar-refractivity contribution < 1.29 is 4.39 Å². The van der Waals surface area contributed by atoms with Gasteiger partial charge in [0.25, 0.3) is 0 Å². The van der Waals surface area contributed by atoms with E-state index in [0.29, 0.717) is 12.6 Å². The van der Waals surface area contributed by atoms with Crippen LogP contribution in [0.3, 0.4) is 0 Å². The second-order valence-electron chi connectivity index (χ2n) is 3.78. The quantitative estimate of drug-likeness (QED) is 0.834. The van der Waals surface area contributed by atoms with Crippen molar-refractivity contribution >= 4 is 11.6 Å². The molecular formula is C11H16ClFN2. The fourth-order valence-electron chi connectivity index (χ4n) is 1.43. The third-order valence-electron chi connectivity index (χ3n) is 2.12. The Morgan fingerprint density at radius 1 is 1.47 bits per heavy atom.